The highest BCUT2D eigenvalue weighted by Crippen LogP contribution is 2.38. The largest absolute Gasteiger partial charge is 0.219 e. The van der Waals surface area contributed by atoms with Gasteiger partial charge in [-0.15, -0.1) is 0 Å². The molecular formula is C9H8ClN3. The number of hydrogen-bond acceptors (Lipinski definition) is 2. The molecule has 0 saturated heterocycles. The summed E-state index contributed by atoms with van der Waals surface area (Å²) in [6, 6.07) is 3.71. The lowest BCUT2D eigenvalue weighted by Gasteiger charge is -1.90. The third-order valence-electron chi connectivity index (χ3n) is 2.27. The van der Waals surface area contributed by atoms with Gasteiger partial charge >= 0.3 is 0 Å². The van der Waals surface area contributed by atoms with Gasteiger partial charge in [0.05, 0.1) is 5.02 Å². The smallest absolute Gasteiger partial charge is 0.174 e. The van der Waals surface area contributed by atoms with E-state index in [4.69, 9.17) is 11.6 Å². The van der Waals surface area contributed by atoms with Gasteiger partial charge in [-0.05, 0) is 25.0 Å². The molecule has 2 aromatic rings. The fourth-order valence-electron chi connectivity index (χ4n) is 1.40. The first-order valence-corrected chi connectivity index (χ1v) is 4.73. The highest BCUT2D eigenvalue weighted by molar-refractivity contribution is 6.33. The van der Waals surface area contributed by atoms with E-state index in [0.717, 1.165) is 11.5 Å². The van der Waals surface area contributed by atoms with Crippen LogP contribution in [-0.2, 0) is 0 Å². The Morgan fingerprint density at radius 3 is 3.00 bits per heavy atom. The molecule has 13 heavy (non-hydrogen) atoms. The van der Waals surface area contributed by atoms with Crippen LogP contribution in [-0.4, -0.2) is 14.6 Å². The van der Waals surface area contributed by atoms with Gasteiger partial charge in [0.25, 0.3) is 0 Å². The summed E-state index contributed by atoms with van der Waals surface area (Å²) in [6.07, 6.45) is 4.31. The standard InChI is InChI=1S/C9H8ClN3/c10-7-2-1-5-13-9(7)11-8(12-13)6-3-4-6/h1-2,5-6H,3-4H2. The van der Waals surface area contributed by atoms with Crippen molar-refractivity contribution in [3.05, 3.63) is 29.2 Å². The molecule has 0 amide bonds. The van der Waals surface area contributed by atoms with Crippen LogP contribution < -0.4 is 0 Å². The first-order chi connectivity index (χ1) is 6.34. The summed E-state index contributed by atoms with van der Waals surface area (Å²) in [4.78, 5) is 4.39. The van der Waals surface area contributed by atoms with Gasteiger partial charge in [-0.3, -0.25) is 0 Å². The molecule has 3 rings (SSSR count). The van der Waals surface area contributed by atoms with Crippen molar-refractivity contribution < 1.29 is 0 Å². The summed E-state index contributed by atoms with van der Waals surface area (Å²) >= 11 is 5.97. The van der Waals surface area contributed by atoms with Gasteiger partial charge in [0.1, 0.15) is 0 Å². The number of halogens is 1. The Morgan fingerprint density at radius 2 is 2.31 bits per heavy atom. The lowest BCUT2D eigenvalue weighted by Crippen LogP contribution is -1.86. The van der Waals surface area contributed by atoms with Gasteiger partial charge in [0.2, 0.25) is 0 Å². The second-order valence-corrected chi connectivity index (χ2v) is 3.78. The Balaban J connectivity index is 2.26. The van der Waals surface area contributed by atoms with Crippen molar-refractivity contribution in [3.63, 3.8) is 0 Å². The Bertz CT molecular complexity index is 459. The van der Waals surface area contributed by atoms with Crippen molar-refractivity contribution in [2.45, 2.75) is 18.8 Å². The average molecular weight is 194 g/mol. The van der Waals surface area contributed by atoms with Crippen molar-refractivity contribution in [2.24, 2.45) is 0 Å². The first-order valence-electron chi connectivity index (χ1n) is 4.35. The number of pyridine rings is 1. The summed E-state index contributed by atoms with van der Waals surface area (Å²) in [7, 11) is 0. The van der Waals surface area contributed by atoms with Crippen molar-refractivity contribution in [1.82, 2.24) is 14.6 Å². The molecule has 0 N–H and O–H groups in total. The third-order valence-corrected chi connectivity index (χ3v) is 2.57. The van der Waals surface area contributed by atoms with Gasteiger partial charge in [-0.1, -0.05) is 11.6 Å². The normalized spacial score (nSPS) is 16.7. The molecule has 0 spiro atoms. The predicted octanol–water partition coefficient (Wildman–Crippen LogP) is 2.26. The number of rotatable bonds is 1. The summed E-state index contributed by atoms with van der Waals surface area (Å²) in [6.45, 7) is 0. The molecule has 1 aliphatic rings. The Morgan fingerprint density at radius 1 is 1.46 bits per heavy atom. The monoisotopic (exact) mass is 193 g/mol. The van der Waals surface area contributed by atoms with Gasteiger partial charge in [-0.25, -0.2) is 9.50 Å². The number of hydrogen-bond donors (Lipinski definition) is 0. The summed E-state index contributed by atoms with van der Waals surface area (Å²) in [5, 5.41) is 5.03. The van der Waals surface area contributed by atoms with Crippen molar-refractivity contribution >= 4 is 17.2 Å². The van der Waals surface area contributed by atoms with E-state index in [1.54, 1.807) is 4.52 Å². The van der Waals surface area contributed by atoms with Gasteiger partial charge in [-0.2, -0.15) is 5.10 Å². The van der Waals surface area contributed by atoms with E-state index in [2.05, 4.69) is 10.1 Å². The van der Waals surface area contributed by atoms with E-state index in [9.17, 15) is 0 Å². The van der Waals surface area contributed by atoms with E-state index in [0.29, 0.717) is 10.9 Å². The maximum atomic E-state index is 5.97. The fourth-order valence-corrected chi connectivity index (χ4v) is 1.61. The Hall–Kier alpha value is -1.09. The molecule has 0 bridgehead atoms. The zero-order chi connectivity index (χ0) is 8.84. The van der Waals surface area contributed by atoms with E-state index >= 15 is 0 Å². The van der Waals surface area contributed by atoms with Crippen LogP contribution in [0.4, 0.5) is 0 Å². The van der Waals surface area contributed by atoms with Crippen LogP contribution in [0.1, 0.15) is 24.6 Å². The molecule has 0 radical (unpaired) electrons. The second kappa shape index (κ2) is 2.45. The van der Waals surface area contributed by atoms with Crippen molar-refractivity contribution in [2.75, 3.05) is 0 Å². The molecule has 66 valence electrons. The van der Waals surface area contributed by atoms with Crippen LogP contribution in [0.2, 0.25) is 5.02 Å². The topological polar surface area (TPSA) is 30.2 Å². The van der Waals surface area contributed by atoms with E-state index in [1.807, 2.05) is 18.3 Å². The molecule has 1 fully saturated rings. The minimum absolute atomic E-state index is 0.580. The molecular weight excluding hydrogens is 186 g/mol. The Labute approximate surface area is 80.3 Å². The summed E-state index contributed by atoms with van der Waals surface area (Å²) < 4.78 is 1.75. The zero-order valence-electron chi connectivity index (χ0n) is 6.94. The minimum atomic E-state index is 0.580. The molecule has 1 saturated carbocycles. The molecule has 0 aromatic carbocycles. The Kier molecular flexibility index (Phi) is 1.38. The lowest BCUT2D eigenvalue weighted by molar-refractivity contribution is 0.878. The molecule has 2 heterocycles. The fraction of sp³-hybridized carbons (Fsp3) is 0.333. The van der Waals surface area contributed by atoms with E-state index in [1.165, 1.54) is 12.8 Å². The minimum Gasteiger partial charge on any atom is -0.219 e. The molecule has 3 nitrogen and oxygen atoms in total. The highest BCUT2D eigenvalue weighted by atomic mass is 35.5. The van der Waals surface area contributed by atoms with Crippen LogP contribution >= 0.6 is 11.6 Å². The molecule has 4 heteroatoms. The van der Waals surface area contributed by atoms with Gasteiger partial charge < -0.3 is 0 Å². The molecule has 2 aromatic heterocycles. The number of aromatic nitrogens is 3. The first kappa shape index (κ1) is 7.33. The van der Waals surface area contributed by atoms with Crippen LogP contribution in [0, 0.1) is 0 Å². The predicted molar refractivity (Wildman–Crippen MR) is 50.0 cm³/mol. The van der Waals surface area contributed by atoms with Crippen molar-refractivity contribution in [3.8, 4) is 0 Å². The second-order valence-electron chi connectivity index (χ2n) is 3.37. The molecule has 1 aliphatic carbocycles. The van der Waals surface area contributed by atoms with Gasteiger partial charge in [0.15, 0.2) is 11.5 Å². The molecule has 0 unspecified atom stereocenters. The van der Waals surface area contributed by atoms with Crippen molar-refractivity contribution in [1.29, 1.82) is 0 Å². The maximum Gasteiger partial charge on any atom is 0.174 e. The molecule has 0 atom stereocenters. The lowest BCUT2D eigenvalue weighted by atomic mass is 10.4. The maximum absolute atomic E-state index is 5.97. The third kappa shape index (κ3) is 1.11. The average Bonchev–Trinajstić information content (AvgIpc) is 2.87. The number of fused-ring (bicyclic) bond motifs is 1. The summed E-state index contributed by atoms with van der Waals surface area (Å²) in [5.41, 5.74) is 0.770. The molecule has 0 aliphatic heterocycles. The van der Waals surface area contributed by atoms with Crippen LogP contribution in [0.15, 0.2) is 18.3 Å². The van der Waals surface area contributed by atoms with Gasteiger partial charge in [0, 0.05) is 12.1 Å². The number of nitrogens with zero attached hydrogens (tertiary/aromatic N) is 3. The quantitative estimate of drug-likeness (QED) is 0.696. The van der Waals surface area contributed by atoms with Crippen LogP contribution in [0.25, 0.3) is 5.65 Å². The SMILES string of the molecule is Clc1cccn2nc(C3CC3)nc12. The highest BCUT2D eigenvalue weighted by Gasteiger charge is 2.28. The van der Waals surface area contributed by atoms with Crippen LogP contribution in [0.3, 0.4) is 0 Å². The van der Waals surface area contributed by atoms with Crippen LogP contribution in [0.5, 0.6) is 0 Å². The van der Waals surface area contributed by atoms with E-state index in [-0.39, 0.29) is 0 Å². The zero-order valence-corrected chi connectivity index (χ0v) is 7.70. The van der Waals surface area contributed by atoms with E-state index < -0.39 is 0 Å². The summed E-state index contributed by atoms with van der Waals surface area (Å²) in [5.74, 6) is 1.52.